The quantitative estimate of drug-likeness (QED) is 0.724. The summed E-state index contributed by atoms with van der Waals surface area (Å²) in [6.45, 7) is 3.24. The molecule has 3 aliphatic rings. The third kappa shape index (κ3) is 1.84. The molecule has 0 amide bonds. The molecule has 4 heteroatoms. The molecule has 1 aromatic rings. The smallest absolute Gasteiger partial charge is 0.202 e. The molecule has 100 valence electrons. The molecular formula is C15H18N2OS. The van der Waals surface area contributed by atoms with E-state index in [0.29, 0.717) is 6.04 Å². The number of hydrogen-bond acceptors (Lipinski definition) is 4. The average Bonchev–Trinajstić information content (AvgIpc) is 2.63. The number of aliphatic imine (C=N–C) groups is 1. The Hall–Kier alpha value is -1.16. The highest BCUT2D eigenvalue weighted by Crippen LogP contribution is 2.47. The van der Waals surface area contributed by atoms with Gasteiger partial charge in [-0.15, -0.1) is 0 Å². The Morgan fingerprint density at radius 2 is 2.26 bits per heavy atom. The number of ether oxygens (including phenoxy) is 1. The molecule has 0 saturated carbocycles. The van der Waals surface area contributed by atoms with Gasteiger partial charge < -0.3 is 9.64 Å². The van der Waals surface area contributed by atoms with Crippen molar-refractivity contribution in [2.24, 2.45) is 4.99 Å². The molecule has 2 atom stereocenters. The van der Waals surface area contributed by atoms with Crippen molar-refractivity contribution in [2.45, 2.75) is 38.0 Å². The van der Waals surface area contributed by atoms with Crippen molar-refractivity contribution in [3.05, 3.63) is 29.8 Å². The van der Waals surface area contributed by atoms with Gasteiger partial charge in [0, 0.05) is 24.3 Å². The van der Waals surface area contributed by atoms with E-state index in [1.54, 1.807) is 0 Å². The monoisotopic (exact) mass is 274 g/mol. The molecule has 19 heavy (non-hydrogen) atoms. The molecule has 4 rings (SSSR count). The van der Waals surface area contributed by atoms with E-state index in [-0.39, 0.29) is 5.72 Å². The number of rotatable bonds is 0. The van der Waals surface area contributed by atoms with Gasteiger partial charge in [-0.2, -0.15) is 0 Å². The van der Waals surface area contributed by atoms with Gasteiger partial charge in [-0.1, -0.05) is 30.0 Å². The fourth-order valence-electron chi connectivity index (χ4n) is 3.26. The minimum atomic E-state index is -0.373. The number of nitrogens with zero attached hydrogens (tertiary/aromatic N) is 2. The highest BCUT2D eigenvalue weighted by Gasteiger charge is 2.45. The topological polar surface area (TPSA) is 24.8 Å². The van der Waals surface area contributed by atoms with Gasteiger partial charge >= 0.3 is 0 Å². The minimum Gasteiger partial charge on any atom is -0.466 e. The van der Waals surface area contributed by atoms with Gasteiger partial charge in [0.1, 0.15) is 5.75 Å². The number of hydrogen-bond donors (Lipinski definition) is 0. The molecule has 1 saturated heterocycles. The van der Waals surface area contributed by atoms with Crippen molar-refractivity contribution in [1.29, 1.82) is 0 Å². The summed E-state index contributed by atoms with van der Waals surface area (Å²) >= 11 is 1.89. The van der Waals surface area contributed by atoms with Crippen molar-refractivity contribution in [3.8, 4) is 5.75 Å². The largest absolute Gasteiger partial charge is 0.466 e. The van der Waals surface area contributed by atoms with Gasteiger partial charge in [0.15, 0.2) is 5.17 Å². The lowest BCUT2D eigenvalue weighted by atomic mass is 9.91. The highest BCUT2D eigenvalue weighted by atomic mass is 32.2. The van der Waals surface area contributed by atoms with Gasteiger partial charge in [0.25, 0.3) is 0 Å². The zero-order chi connectivity index (χ0) is 12.9. The molecule has 0 N–H and O–H groups in total. The van der Waals surface area contributed by atoms with Gasteiger partial charge in [0.05, 0.1) is 6.04 Å². The van der Waals surface area contributed by atoms with E-state index in [0.717, 1.165) is 18.7 Å². The van der Waals surface area contributed by atoms with Gasteiger partial charge in [-0.25, -0.2) is 4.99 Å². The van der Waals surface area contributed by atoms with E-state index in [9.17, 15) is 0 Å². The first kappa shape index (κ1) is 11.6. The second-order valence-electron chi connectivity index (χ2n) is 5.68. The molecule has 3 aliphatic heterocycles. The first-order valence-corrected chi connectivity index (χ1v) is 8.01. The Kier molecular flexibility index (Phi) is 2.56. The predicted molar refractivity (Wildman–Crippen MR) is 78.7 cm³/mol. The first-order chi connectivity index (χ1) is 9.25. The maximum Gasteiger partial charge on any atom is 0.202 e. The van der Waals surface area contributed by atoms with Gasteiger partial charge in [0.2, 0.25) is 5.72 Å². The van der Waals surface area contributed by atoms with Crippen LogP contribution in [-0.4, -0.2) is 28.1 Å². The summed E-state index contributed by atoms with van der Waals surface area (Å²) in [5, 5.41) is 1.19. The lowest BCUT2D eigenvalue weighted by Gasteiger charge is -2.47. The zero-order valence-corrected chi connectivity index (χ0v) is 11.9. The van der Waals surface area contributed by atoms with E-state index in [2.05, 4.69) is 30.0 Å². The fraction of sp³-hybridized carbons (Fsp3) is 0.533. The van der Waals surface area contributed by atoms with Crippen molar-refractivity contribution < 1.29 is 4.74 Å². The summed E-state index contributed by atoms with van der Waals surface area (Å²) < 4.78 is 6.15. The molecule has 2 bridgehead atoms. The third-order valence-electron chi connectivity index (χ3n) is 4.16. The summed E-state index contributed by atoms with van der Waals surface area (Å²) in [6.07, 6.45) is 3.52. The van der Waals surface area contributed by atoms with Crippen molar-refractivity contribution >= 4 is 16.9 Å². The van der Waals surface area contributed by atoms with Gasteiger partial charge in [-0.05, 0) is 25.8 Å². The SMILES string of the molecule is CC12C[C@@H](c3ccccc3O1)N1CCCCSC1=N2. The van der Waals surface area contributed by atoms with E-state index >= 15 is 0 Å². The Morgan fingerprint density at radius 3 is 3.21 bits per heavy atom. The van der Waals surface area contributed by atoms with Crippen LogP contribution in [-0.2, 0) is 0 Å². The fourth-order valence-corrected chi connectivity index (χ4v) is 4.43. The maximum absolute atomic E-state index is 6.15. The summed E-state index contributed by atoms with van der Waals surface area (Å²) in [5.74, 6) is 2.19. The number of fused-ring (bicyclic) bond motifs is 6. The molecule has 3 nitrogen and oxygen atoms in total. The lowest BCUT2D eigenvalue weighted by Crippen LogP contribution is -2.49. The molecule has 1 unspecified atom stereocenters. The first-order valence-electron chi connectivity index (χ1n) is 7.02. The van der Waals surface area contributed by atoms with Crippen LogP contribution in [0.2, 0.25) is 0 Å². The average molecular weight is 274 g/mol. The summed E-state index contributed by atoms with van der Waals surface area (Å²) in [6, 6.07) is 8.88. The molecule has 1 fully saturated rings. The van der Waals surface area contributed by atoms with E-state index in [4.69, 9.17) is 9.73 Å². The highest BCUT2D eigenvalue weighted by molar-refractivity contribution is 8.13. The van der Waals surface area contributed by atoms with Crippen LogP contribution in [0.1, 0.15) is 37.8 Å². The van der Waals surface area contributed by atoms with Crippen LogP contribution >= 0.6 is 11.8 Å². The van der Waals surface area contributed by atoms with Crippen LogP contribution in [0.3, 0.4) is 0 Å². The number of amidine groups is 1. The molecule has 0 aliphatic carbocycles. The molecule has 0 spiro atoms. The van der Waals surface area contributed by atoms with E-state index in [1.165, 1.54) is 29.3 Å². The molecule has 1 aromatic carbocycles. The Balaban J connectivity index is 1.83. The minimum absolute atomic E-state index is 0.373. The Morgan fingerprint density at radius 1 is 1.37 bits per heavy atom. The van der Waals surface area contributed by atoms with E-state index in [1.807, 2.05) is 17.8 Å². The molecule has 3 heterocycles. The normalized spacial score (nSPS) is 32.6. The van der Waals surface area contributed by atoms with Crippen LogP contribution < -0.4 is 4.74 Å². The maximum atomic E-state index is 6.15. The summed E-state index contributed by atoms with van der Waals surface area (Å²) in [4.78, 5) is 7.40. The number of benzene rings is 1. The van der Waals surface area contributed by atoms with Crippen molar-refractivity contribution in [2.75, 3.05) is 12.3 Å². The van der Waals surface area contributed by atoms with Gasteiger partial charge in [-0.3, -0.25) is 0 Å². The van der Waals surface area contributed by atoms with Crippen molar-refractivity contribution in [3.63, 3.8) is 0 Å². The number of para-hydroxylation sites is 1. The molecule has 0 aromatic heterocycles. The predicted octanol–water partition coefficient (Wildman–Crippen LogP) is 3.43. The van der Waals surface area contributed by atoms with Crippen molar-refractivity contribution in [1.82, 2.24) is 4.90 Å². The van der Waals surface area contributed by atoms with Crippen LogP contribution in [0, 0.1) is 0 Å². The van der Waals surface area contributed by atoms with Crippen LogP contribution in [0.25, 0.3) is 0 Å². The zero-order valence-electron chi connectivity index (χ0n) is 11.1. The lowest BCUT2D eigenvalue weighted by molar-refractivity contribution is 0.0249. The molecular weight excluding hydrogens is 256 g/mol. The summed E-state index contributed by atoms with van der Waals surface area (Å²) in [5.41, 5.74) is 0.956. The van der Waals surface area contributed by atoms with E-state index < -0.39 is 0 Å². The molecule has 0 radical (unpaired) electrons. The Labute approximate surface area is 118 Å². The number of thioether (sulfide) groups is 1. The van der Waals surface area contributed by atoms with Crippen LogP contribution in [0.4, 0.5) is 0 Å². The Bertz CT molecular complexity index is 545. The standard InChI is InChI=1S/C15H18N2OS/c1-15-10-12(11-6-2-3-7-13(11)18-15)17-8-4-5-9-19-14(17)16-15/h2-3,6-7,12H,4-5,8-10H2,1H3/t12-,15?/m0/s1. The second-order valence-corrected chi connectivity index (χ2v) is 6.74. The van der Waals surface area contributed by atoms with Crippen LogP contribution in [0.5, 0.6) is 5.75 Å². The summed E-state index contributed by atoms with van der Waals surface area (Å²) in [7, 11) is 0. The van der Waals surface area contributed by atoms with Crippen LogP contribution in [0.15, 0.2) is 29.3 Å². The third-order valence-corrected chi connectivity index (χ3v) is 5.24. The second kappa shape index (κ2) is 4.17.